The molecule has 0 aliphatic carbocycles. The fourth-order valence-electron chi connectivity index (χ4n) is 5.04. The van der Waals surface area contributed by atoms with Crippen LogP contribution in [0.15, 0.2) is 0 Å². The van der Waals surface area contributed by atoms with Crippen LogP contribution in [0.25, 0.3) is 0 Å². The van der Waals surface area contributed by atoms with Crippen LogP contribution in [-0.4, -0.2) is 136 Å². The molecule has 2 fully saturated rings. The Hall–Kier alpha value is -4.41. The minimum Gasteiger partial charge on any atom is -0.463 e. The third-order valence-electron chi connectivity index (χ3n) is 6.58. The Bertz CT molecular complexity index is 1430. The molecule has 2 aliphatic heterocycles. The highest BCUT2D eigenvalue weighted by Gasteiger charge is 2.59. The molecule has 1 amide bonds. The molecule has 0 aromatic carbocycles. The van der Waals surface area contributed by atoms with Gasteiger partial charge in [0.1, 0.15) is 37.3 Å². The summed E-state index contributed by atoms with van der Waals surface area (Å²) in [5.41, 5.74) is 2.85. The monoisotopic (exact) mass is 741 g/mol. The molecule has 21 nitrogen and oxygen atoms in total. The molecule has 0 unspecified atom stereocenters. The number of hydrogen-bond donors (Lipinski definition) is 1. The molecule has 2 N–H and O–H groups in total. The van der Waals surface area contributed by atoms with Crippen molar-refractivity contribution < 1.29 is 94.1 Å². The zero-order valence-corrected chi connectivity index (χ0v) is 28.9. The van der Waals surface area contributed by atoms with Crippen LogP contribution in [0.2, 0.25) is 0 Å². The number of nitrogens with two attached hydrogens (primary N) is 1. The lowest BCUT2D eigenvalue weighted by Crippen LogP contribution is -2.68. The van der Waals surface area contributed by atoms with Gasteiger partial charge < -0.3 is 53.1 Å². The van der Waals surface area contributed by atoms with Crippen LogP contribution >= 0.6 is 0 Å². The number of carbonyl (C=O) groups excluding carboxylic acids is 8. The highest BCUT2D eigenvalue weighted by Crippen LogP contribution is 2.36. The fraction of sp³-hybridized carbons (Fsp3) is 0.714. The number of rotatable bonds is 14. The molecular weight excluding hydrogens is 702 g/mol. The molecule has 0 spiro atoms. The molecule has 0 aromatic heterocycles. The number of amides is 1. The van der Waals surface area contributed by atoms with Gasteiger partial charge in [-0.3, -0.25) is 38.4 Å². The average Bonchev–Trinajstić information content (AvgIpc) is 2.94. The maximum absolute atomic E-state index is 13.3. The Morgan fingerprint density at radius 2 is 0.900 bits per heavy atom. The largest absolute Gasteiger partial charge is 0.463 e. The first kappa shape index (κ1) is 41.8. The van der Waals surface area contributed by atoms with Gasteiger partial charge in [-0.15, -0.1) is 0 Å². The average molecular weight is 742 g/mol. The predicted octanol–water partition coefficient (Wildman–Crippen LogP) is -2.49. The number of hydrogen-bond acceptors (Lipinski definition) is 20. The number of sulfone groups is 1. The number of ether oxygens (including phenoxy) is 10. The van der Waals surface area contributed by atoms with Gasteiger partial charge in [-0.05, 0) is 0 Å². The smallest absolute Gasteiger partial charge is 0.303 e. The summed E-state index contributed by atoms with van der Waals surface area (Å²) in [6, 6.07) is 0. The predicted molar refractivity (Wildman–Crippen MR) is 156 cm³/mol. The van der Waals surface area contributed by atoms with Gasteiger partial charge in [0.2, 0.25) is 5.91 Å². The van der Waals surface area contributed by atoms with Gasteiger partial charge >= 0.3 is 41.8 Å². The van der Waals surface area contributed by atoms with Crippen LogP contribution in [0.4, 0.5) is 0 Å². The van der Waals surface area contributed by atoms with Crippen molar-refractivity contribution in [2.45, 2.75) is 109 Å². The zero-order valence-electron chi connectivity index (χ0n) is 28.0. The molecule has 0 bridgehead atoms. The first-order chi connectivity index (χ1) is 23.1. The van der Waals surface area contributed by atoms with Crippen LogP contribution in [0.1, 0.15) is 48.5 Å². The Morgan fingerprint density at radius 3 is 1.32 bits per heavy atom. The van der Waals surface area contributed by atoms with Crippen molar-refractivity contribution in [1.82, 2.24) is 0 Å². The lowest BCUT2D eigenvalue weighted by atomic mass is 9.96. The zero-order chi connectivity index (χ0) is 38.1. The van der Waals surface area contributed by atoms with E-state index in [0.717, 1.165) is 48.5 Å². The Balaban J connectivity index is 2.82. The van der Waals surface area contributed by atoms with Gasteiger partial charge in [0, 0.05) is 48.5 Å². The molecule has 2 aliphatic rings. The van der Waals surface area contributed by atoms with E-state index in [1.165, 1.54) is 0 Å². The SMILES string of the molecule is CC(=O)OC[C@H]1O[C@@H](S(=O)(=O)CC(N)=O)[C@H](OC(C)=O)[C@@H](OC(C)=O)[C@@H]1O[C@@H]1O[C@H](COC(C)=O)[C@@H](OC(C)=O)[C@H](OC(C)=O)[C@H]1OC(C)=O. The van der Waals surface area contributed by atoms with E-state index in [-0.39, 0.29) is 0 Å². The first-order valence-electron chi connectivity index (χ1n) is 14.7. The van der Waals surface area contributed by atoms with Gasteiger partial charge in [0.15, 0.2) is 52.1 Å². The summed E-state index contributed by atoms with van der Waals surface area (Å²) in [5.74, 6) is -9.46. The highest BCUT2D eigenvalue weighted by molar-refractivity contribution is 7.92. The summed E-state index contributed by atoms with van der Waals surface area (Å²) < 4.78 is 81.1. The molecule has 50 heavy (non-hydrogen) atoms. The minimum atomic E-state index is -4.78. The summed E-state index contributed by atoms with van der Waals surface area (Å²) in [4.78, 5) is 96.4. The number of esters is 7. The molecule has 2 rings (SSSR count). The second-order valence-corrected chi connectivity index (χ2v) is 13.0. The molecule has 0 saturated carbocycles. The lowest BCUT2D eigenvalue weighted by molar-refractivity contribution is -0.341. The third kappa shape index (κ3) is 12.2. The van der Waals surface area contributed by atoms with Crippen LogP contribution in [0.3, 0.4) is 0 Å². The van der Waals surface area contributed by atoms with Crippen molar-refractivity contribution in [2.75, 3.05) is 19.0 Å². The van der Waals surface area contributed by atoms with Crippen molar-refractivity contribution in [3.05, 3.63) is 0 Å². The van der Waals surface area contributed by atoms with Gasteiger partial charge in [-0.1, -0.05) is 0 Å². The summed E-state index contributed by atoms with van der Waals surface area (Å²) in [7, 11) is -4.78. The van der Waals surface area contributed by atoms with E-state index in [1.807, 2.05) is 0 Å². The maximum Gasteiger partial charge on any atom is 0.303 e. The van der Waals surface area contributed by atoms with E-state index in [2.05, 4.69) is 0 Å². The normalized spacial score (nSPS) is 29.3. The van der Waals surface area contributed by atoms with Crippen molar-refractivity contribution in [3.63, 3.8) is 0 Å². The number of primary amides is 1. The van der Waals surface area contributed by atoms with E-state index in [0.29, 0.717) is 0 Å². The first-order valence-corrected chi connectivity index (χ1v) is 16.4. The van der Waals surface area contributed by atoms with Crippen LogP contribution < -0.4 is 5.73 Å². The van der Waals surface area contributed by atoms with E-state index < -0.39 is 137 Å². The Kier molecular flexibility index (Phi) is 15.0. The molecule has 2 heterocycles. The third-order valence-corrected chi connectivity index (χ3v) is 8.36. The maximum atomic E-state index is 13.3. The summed E-state index contributed by atoms with van der Waals surface area (Å²) in [6.07, 6.45) is -16.3. The Labute approximate surface area is 285 Å². The summed E-state index contributed by atoms with van der Waals surface area (Å²) in [6.45, 7) is 5.26. The van der Waals surface area contributed by atoms with Gasteiger partial charge in [-0.2, -0.15) is 0 Å². The van der Waals surface area contributed by atoms with Crippen molar-refractivity contribution in [2.24, 2.45) is 5.73 Å². The lowest BCUT2D eigenvalue weighted by Gasteiger charge is -2.48. The molecule has 22 heteroatoms. The van der Waals surface area contributed by atoms with Crippen molar-refractivity contribution >= 4 is 57.5 Å². The van der Waals surface area contributed by atoms with Crippen LogP contribution in [0, 0.1) is 0 Å². The topological polar surface area (TPSA) is 289 Å². The second kappa shape index (κ2) is 18.0. The van der Waals surface area contributed by atoms with Crippen molar-refractivity contribution in [1.29, 1.82) is 0 Å². The van der Waals surface area contributed by atoms with Gasteiger partial charge in [0.25, 0.3) is 0 Å². The van der Waals surface area contributed by atoms with E-state index in [4.69, 9.17) is 53.1 Å². The minimum absolute atomic E-state index is 0.660. The van der Waals surface area contributed by atoms with Gasteiger partial charge in [-0.25, -0.2) is 8.42 Å². The van der Waals surface area contributed by atoms with E-state index in [1.54, 1.807) is 0 Å². The number of carbonyl (C=O) groups is 8. The highest BCUT2D eigenvalue weighted by atomic mass is 32.2. The van der Waals surface area contributed by atoms with Crippen molar-refractivity contribution in [3.8, 4) is 0 Å². The molecular formula is C28H39NO20S. The molecule has 10 atom stereocenters. The van der Waals surface area contributed by atoms with E-state index >= 15 is 0 Å². The Morgan fingerprint density at radius 1 is 0.520 bits per heavy atom. The van der Waals surface area contributed by atoms with E-state index in [9.17, 15) is 46.8 Å². The standard InChI is InChI=1S/C28H39NO20S/c1-11(30)40-8-18-21(42-13(3)32)23(43-14(4)33)25(45-16(6)35)27(47-18)49-22-19(9-41-12(2)31)48-28(50(38,39)10-20(29)37)26(46-17(7)36)24(22)44-15(5)34/h18-19,21-28H,8-10H2,1-7H3,(H2,29,37)/t18-,19-,21-,22-,23+,24+,25-,26-,27+,28+/m1/s1. The fourth-order valence-corrected chi connectivity index (χ4v) is 6.53. The summed E-state index contributed by atoms with van der Waals surface area (Å²) >= 11 is 0. The molecule has 2 saturated heterocycles. The molecule has 282 valence electrons. The summed E-state index contributed by atoms with van der Waals surface area (Å²) in [5, 5.41) is 0. The second-order valence-electron chi connectivity index (χ2n) is 10.9. The van der Waals surface area contributed by atoms with Gasteiger partial charge in [0.05, 0.1) is 0 Å². The van der Waals surface area contributed by atoms with Crippen LogP contribution in [0.5, 0.6) is 0 Å². The van der Waals surface area contributed by atoms with Crippen LogP contribution in [-0.2, 0) is 95.6 Å². The quantitative estimate of drug-likeness (QED) is 0.142. The molecule has 0 aromatic rings. The molecule has 0 radical (unpaired) electrons.